The molecule has 1 rings (SSSR count). The van der Waals surface area contributed by atoms with Gasteiger partial charge in [0.05, 0.1) is 0 Å². The Balaban J connectivity index is 2.54. The first kappa shape index (κ1) is 12.0. The zero-order valence-corrected chi connectivity index (χ0v) is 9.81. The average Bonchev–Trinajstić information content (AvgIpc) is 2.21. The molecule has 0 saturated heterocycles. The number of anilines is 1. The molecule has 0 aliphatic carbocycles. The van der Waals surface area contributed by atoms with Gasteiger partial charge in [-0.2, -0.15) is 0 Å². The van der Waals surface area contributed by atoms with Gasteiger partial charge in [0.25, 0.3) is 0 Å². The smallest absolute Gasteiger partial charge is 0.128 e. The third-order valence-corrected chi connectivity index (χ3v) is 2.69. The van der Waals surface area contributed by atoms with Crippen molar-refractivity contribution < 1.29 is 4.39 Å². The first-order valence-corrected chi connectivity index (χ1v) is 5.64. The Morgan fingerprint density at radius 1 is 1.40 bits per heavy atom. The lowest BCUT2D eigenvalue weighted by Gasteiger charge is -2.14. The van der Waals surface area contributed by atoms with E-state index in [4.69, 9.17) is 0 Å². The van der Waals surface area contributed by atoms with E-state index in [1.54, 1.807) is 6.07 Å². The molecule has 1 atom stereocenters. The second-order valence-corrected chi connectivity index (χ2v) is 4.19. The van der Waals surface area contributed by atoms with Crippen LogP contribution in [-0.2, 0) is 0 Å². The Bertz CT molecular complexity index is 309. The van der Waals surface area contributed by atoms with Gasteiger partial charge in [0.2, 0.25) is 0 Å². The van der Waals surface area contributed by atoms with Gasteiger partial charge in [0.15, 0.2) is 0 Å². The van der Waals surface area contributed by atoms with Crippen molar-refractivity contribution in [1.82, 2.24) is 0 Å². The molecule has 15 heavy (non-hydrogen) atoms. The predicted molar refractivity (Wildman–Crippen MR) is 63.7 cm³/mol. The van der Waals surface area contributed by atoms with Gasteiger partial charge in [-0.05, 0) is 31.4 Å². The van der Waals surface area contributed by atoms with E-state index >= 15 is 0 Å². The normalized spacial score (nSPS) is 12.5. The minimum absolute atomic E-state index is 0.136. The third-order valence-electron chi connectivity index (χ3n) is 2.69. The maximum atomic E-state index is 13.2. The van der Waals surface area contributed by atoms with Crippen molar-refractivity contribution in [1.29, 1.82) is 0 Å². The van der Waals surface area contributed by atoms with Crippen LogP contribution in [0.1, 0.15) is 32.3 Å². The van der Waals surface area contributed by atoms with Gasteiger partial charge < -0.3 is 5.32 Å². The highest BCUT2D eigenvalue weighted by Gasteiger charge is 2.04. The second kappa shape index (κ2) is 5.74. The molecule has 1 N–H and O–H groups in total. The molecule has 0 aliphatic rings. The van der Waals surface area contributed by atoms with Crippen molar-refractivity contribution in [2.24, 2.45) is 5.92 Å². The lowest BCUT2D eigenvalue weighted by atomic mass is 10.1. The number of benzene rings is 1. The lowest BCUT2D eigenvalue weighted by molar-refractivity contribution is 0.550. The molecule has 0 saturated carbocycles. The van der Waals surface area contributed by atoms with E-state index in [1.165, 1.54) is 18.9 Å². The number of hydrogen-bond donors (Lipinski definition) is 1. The molecule has 0 amide bonds. The number of hydrogen-bond acceptors (Lipinski definition) is 1. The Kier molecular flexibility index (Phi) is 4.60. The van der Waals surface area contributed by atoms with Crippen LogP contribution in [0.3, 0.4) is 0 Å². The van der Waals surface area contributed by atoms with E-state index in [-0.39, 0.29) is 5.82 Å². The highest BCUT2D eigenvalue weighted by Crippen LogP contribution is 2.18. The summed E-state index contributed by atoms with van der Waals surface area (Å²) in [6.07, 6.45) is 2.41. The zero-order valence-electron chi connectivity index (χ0n) is 9.81. The fraction of sp³-hybridized carbons (Fsp3) is 0.538. The van der Waals surface area contributed by atoms with Gasteiger partial charge >= 0.3 is 0 Å². The topological polar surface area (TPSA) is 12.0 Å². The molecule has 0 spiro atoms. The summed E-state index contributed by atoms with van der Waals surface area (Å²) in [7, 11) is 0. The highest BCUT2D eigenvalue weighted by molar-refractivity contribution is 5.50. The second-order valence-electron chi connectivity index (χ2n) is 4.19. The maximum absolute atomic E-state index is 13.2. The van der Waals surface area contributed by atoms with Crippen LogP contribution < -0.4 is 5.32 Å². The van der Waals surface area contributed by atoms with Crippen LogP contribution in [0.15, 0.2) is 18.2 Å². The summed E-state index contributed by atoms with van der Waals surface area (Å²) in [6.45, 7) is 7.12. The molecule has 0 bridgehead atoms. The van der Waals surface area contributed by atoms with Crippen LogP contribution in [-0.4, -0.2) is 6.54 Å². The van der Waals surface area contributed by atoms with Crippen LogP contribution >= 0.6 is 0 Å². The van der Waals surface area contributed by atoms with Crippen LogP contribution in [0.4, 0.5) is 10.1 Å². The van der Waals surface area contributed by atoms with Gasteiger partial charge in [-0.15, -0.1) is 0 Å². The van der Waals surface area contributed by atoms with Crippen molar-refractivity contribution in [3.8, 4) is 0 Å². The van der Waals surface area contributed by atoms with Gasteiger partial charge in [0, 0.05) is 17.8 Å². The van der Waals surface area contributed by atoms with Crippen LogP contribution in [0, 0.1) is 18.7 Å². The Morgan fingerprint density at radius 3 is 2.80 bits per heavy atom. The van der Waals surface area contributed by atoms with Crippen molar-refractivity contribution in [2.75, 3.05) is 11.9 Å². The van der Waals surface area contributed by atoms with Crippen LogP contribution in [0.5, 0.6) is 0 Å². The van der Waals surface area contributed by atoms with Crippen molar-refractivity contribution in [3.05, 3.63) is 29.6 Å². The first-order chi connectivity index (χ1) is 7.15. The number of rotatable bonds is 5. The summed E-state index contributed by atoms with van der Waals surface area (Å²) in [4.78, 5) is 0. The molecule has 1 aromatic rings. The molecule has 0 aromatic heterocycles. The standard InChI is InChI=1S/C13H20FN/c1-4-6-10(2)9-15-13-8-5-7-12(14)11(13)3/h5,7-8,10,15H,4,6,9H2,1-3H3. The zero-order chi connectivity index (χ0) is 11.3. The summed E-state index contributed by atoms with van der Waals surface area (Å²) < 4.78 is 13.2. The summed E-state index contributed by atoms with van der Waals surface area (Å²) >= 11 is 0. The fourth-order valence-corrected chi connectivity index (χ4v) is 1.68. The summed E-state index contributed by atoms with van der Waals surface area (Å²) in [5.74, 6) is 0.501. The monoisotopic (exact) mass is 209 g/mol. The molecule has 0 fully saturated rings. The Labute approximate surface area is 91.7 Å². The molecular formula is C13H20FN. The first-order valence-electron chi connectivity index (χ1n) is 5.64. The summed E-state index contributed by atoms with van der Waals surface area (Å²) in [6, 6.07) is 5.17. The molecule has 0 radical (unpaired) electrons. The number of nitrogens with one attached hydrogen (secondary N) is 1. The molecule has 1 unspecified atom stereocenters. The van der Waals surface area contributed by atoms with E-state index < -0.39 is 0 Å². The molecule has 1 nitrogen and oxygen atoms in total. The largest absolute Gasteiger partial charge is 0.384 e. The Morgan fingerprint density at radius 2 is 2.13 bits per heavy atom. The van der Waals surface area contributed by atoms with Gasteiger partial charge in [-0.3, -0.25) is 0 Å². The number of halogens is 1. The van der Waals surface area contributed by atoms with Crippen LogP contribution in [0.25, 0.3) is 0 Å². The summed E-state index contributed by atoms with van der Waals surface area (Å²) in [5, 5.41) is 3.30. The minimum Gasteiger partial charge on any atom is -0.384 e. The van der Waals surface area contributed by atoms with Gasteiger partial charge in [-0.1, -0.05) is 26.3 Å². The van der Waals surface area contributed by atoms with Gasteiger partial charge in [-0.25, -0.2) is 4.39 Å². The summed E-state index contributed by atoms with van der Waals surface area (Å²) in [5.41, 5.74) is 1.62. The Hall–Kier alpha value is -1.05. The lowest BCUT2D eigenvalue weighted by Crippen LogP contribution is -2.12. The van der Waals surface area contributed by atoms with Crippen molar-refractivity contribution in [3.63, 3.8) is 0 Å². The maximum Gasteiger partial charge on any atom is 0.128 e. The van der Waals surface area contributed by atoms with E-state index in [9.17, 15) is 4.39 Å². The molecule has 0 aliphatic heterocycles. The van der Waals surface area contributed by atoms with E-state index in [0.29, 0.717) is 11.5 Å². The SMILES string of the molecule is CCCC(C)CNc1cccc(F)c1C. The molecular weight excluding hydrogens is 189 g/mol. The minimum atomic E-state index is -0.136. The van der Waals surface area contributed by atoms with Gasteiger partial charge in [0.1, 0.15) is 5.82 Å². The van der Waals surface area contributed by atoms with Crippen molar-refractivity contribution in [2.45, 2.75) is 33.6 Å². The van der Waals surface area contributed by atoms with Crippen molar-refractivity contribution >= 4 is 5.69 Å². The van der Waals surface area contributed by atoms with Crippen LogP contribution in [0.2, 0.25) is 0 Å². The van der Waals surface area contributed by atoms with E-state index in [1.807, 2.05) is 13.0 Å². The fourth-order valence-electron chi connectivity index (χ4n) is 1.68. The van der Waals surface area contributed by atoms with E-state index in [2.05, 4.69) is 19.2 Å². The van der Waals surface area contributed by atoms with E-state index in [0.717, 1.165) is 12.2 Å². The quantitative estimate of drug-likeness (QED) is 0.773. The molecule has 84 valence electrons. The molecule has 2 heteroatoms. The average molecular weight is 209 g/mol. The third kappa shape index (κ3) is 3.54. The highest BCUT2D eigenvalue weighted by atomic mass is 19.1. The molecule has 1 aromatic carbocycles. The molecule has 0 heterocycles. The predicted octanol–water partition coefficient (Wildman–Crippen LogP) is 3.98.